The number of aliphatic carboxylic acids is 1. The van der Waals surface area contributed by atoms with Gasteiger partial charge >= 0.3 is 5.97 Å². The summed E-state index contributed by atoms with van der Waals surface area (Å²) < 4.78 is 5.37. The van der Waals surface area contributed by atoms with Crippen LogP contribution in [0.1, 0.15) is 33.1 Å². The van der Waals surface area contributed by atoms with Crippen LogP contribution in [0.3, 0.4) is 0 Å². The van der Waals surface area contributed by atoms with Crippen molar-refractivity contribution in [2.24, 2.45) is 5.92 Å². The Labute approximate surface area is 110 Å². The van der Waals surface area contributed by atoms with Crippen LogP contribution >= 0.6 is 12.4 Å². The quantitative estimate of drug-likeness (QED) is 0.826. The molecule has 0 unspecified atom stereocenters. The minimum atomic E-state index is -0.642. The molecular weight excluding hydrogens is 242 g/mol. The molecule has 0 aromatic carbocycles. The molecule has 102 valence electrons. The number of carboxylic acid groups (broad SMARTS) is 1. The van der Waals surface area contributed by atoms with Crippen LogP contribution in [0, 0.1) is 5.92 Å². The third kappa shape index (κ3) is 5.70. The van der Waals surface area contributed by atoms with Gasteiger partial charge in [-0.25, -0.2) is 0 Å². The number of hydrogen-bond acceptors (Lipinski definition) is 3. The molecule has 1 fully saturated rings. The van der Waals surface area contributed by atoms with Crippen LogP contribution in [0.2, 0.25) is 0 Å². The number of rotatable bonds is 5. The molecule has 1 aliphatic rings. The number of piperidine rings is 1. The van der Waals surface area contributed by atoms with Crippen LogP contribution in [0.15, 0.2) is 0 Å². The molecule has 5 heteroatoms. The average Bonchev–Trinajstić information content (AvgIpc) is 2.27. The fraction of sp³-hybridized carbons (Fsp3) is 0.917. The second-order valence-electron chi connectivity index (χ2n) is 5.17. The van der Waals surface area contributed by atoms with Crippen molar-refractivity contribution in [1.82, 2.24) is 4.90 Å². The fourth-order valence-corrected chi connectivity index (χ4v) is 1.93. The van der Waals surface area contributed by atoms with Crippen LogP contribution in [-0.4, -0.2) is 48.3 Å². The van der Waals surface area contributed by atoms with E-state index in [4.69, 9.17) is 9.84 Å². The highest BCUT2D eigenvalue weighted by Gasteiger charge is 2.25. The lowest BCUT2D eigenvalue weighted by Gasteiger charge is -2.32. The molecule has 0 spiro atoms. The Balaban J connectivity index is 0.00000256. The topological polar surface area (TPSA) is 49.8 Å². The summed E-state index contributed by atoms with van der Waals surface area (Å²) in [4.78, 5) is 13.1. The maximum absolute atomic E-state index is 10.8. The average molecular weight is 266 g/mol. The van der Waals surface area contributed by atoms with E-state index in [2.05, 4.69) is 18.7 Å². The van der Waals surface area contributed by atoms with Gasteiger partial charge in [-0.2, -0.15) is 0 Å². The van der Waals surface area contributed by atoms with E-state index in [0.717, 1.165) is 38.9 Å². The number of likely N-dealkylation sites (tertiary alicyclic amines) is 1. The number of carbonyl (C=O) groups is 1. The van der Waals surface area contributed by atoms with Crippen molar-refractivity contribution in [3.05, 3.63) is 0 Å². The zero-order valence-corrected chi connectivity index (χ0v) is 11.8. The van der Waals surface area contributed by atoms with Crippen LogP contribution in [0.5, 0.6) is 0 Å². The summed E-state index contributed by atoms with van der Waals surface area (Å²) in [6, 6.07) is 0. The SMILES string of the molecule is COC(C)(C)CCN1CCC(C(=O)O)CC1.Cl. The molecule has 1 aliphatic heterocycles. The van der Waals surface area contributed by atoms with Gasteiger partial charge in [0.2, 0.25) is 0 Å². The summed E-state index contributed by atoms with van der Waals surface area (Å²) in [5.74, 6) is -0.774. The summed E-state index contributed by atoms with van der Waals surface area (Å²) in [7, 11) is 1.73. The third-order valence-corrected chi connectivity index (χ3v) is 3.52. The maximum atomic E-state index is 10.8. The van der Waals surface area contributed by atoms with Crippen LogP contribution in [0.4, 0.5) is 0 Å². The molecule has 1 heterocycles. The van der Waals surface area contributed by atoms with E-state index in [1.54, 1.807) is 7.11 Å². The Kier molecular flexibility index (Phi) is 7.05. The molecule has 1 N–H and O–H groups in total. The number of carboxylic acids is 1. The van der Waals surface area contributed by atoms with Crippen LogP contribution in [-0.2, 0) is 9.53 Å². The first-order chi connectivity index (χ1) is 7.44. The monoisotopic (exact) mass is 265 g/mol. The van der Waals surface area contributed by atoms with Gasteiger partial charge in [-0.05, 0) is 46.2 Å². The summed E-state index contributed by atoms with van der Waals surface area (Å²) in [6.45, 7) is 6.95. The molecule has 0 saturated carbocycles. The Hall–Kier alpha value is -0.320. The lowest BCUT2D eigenvalue weighted by atomic mass is 9.96. The minimum absolute atomic E-state index is 0. The summed E-state index contributed by atoms with van der Waals surface area (Å²) in [5.41, 5.74) is -0.0797. The van der Waals surface area contributed by atoms with Crippen LogP contribution in [0.25, 0.3) is 0 Å². The van der Waals surface area contributed by atoms with E-state index in [-0.39, 0.29) is 23.9 Å². The molecule has 0 radical (unpaired) electrons. The fourth-order valence-electron chi connectivity index (χ4n) is 1.93. The Bertz CT molecular complexity index is 238. The summed E-state index contributed by atoms with van der Waals surface area (Å²) >= 11 is 0. The molecule has 0 atom stereocenters. The smallest absolute Gasteiger partial charge is 0.306 e. The number of methoxy groups -OCH3 is 1. The molecule has 1 rings (SSSR count). The van der Waals surface area contributed by atoms with Crippen LogP contribution < -0.4 is 0 Å². The first kappa shape index (κ1) is 16.7. The van der Waals surface area contributed by atoms with Gasteiger partial charge in [0.25, 0.3) is 0 Å². The first-order valence-electron chi connectivity index (χ1n) is 5.95. The number of halogens is 1. The maximum Gasteiger partial charge on any atom is 0.306 e. The van der Waals surface area contributed by atoms with Crippen molar-refractivity contribution in [3.63, 3.8) is 0 Å². The third-order valence-electron chi connectivity index (χ3n) is 3.52. The van der Waals surface area contributed by atoms with Crippen molar-refractivity contribution < 1.29 is 14.6 Å². The minimum Gasteiger partial charge on any atom is -0.481 e. The van der Waals surface area contributed by atoms with Gasteiger partial charge in [-0.1, -0.05) is 0 Å². The molecule has 17 heavy (non-hydrogen) atoms. The summed E-state index contributed by atoms with van der Waals surface area (Å²) in [5, 5.41) is 8.88. The molecule has 0 aromatic rings. The van der Waals surface area contributed by atoms with Gasteiger partial charge in [0, 0.05) is 13.7 Å². The van der Waals surface area contributed by atoms with E-state index in [0.29, 0.717) is 0 Å². The van der Waals surface area contributed by atoms with Gasteiger partial charge in [-0.15, -0.1) is 12.4 Å². The van der Waals surface area contributed by atoms with Gasteiger partial charge in [0.1, 0.15) is 0 Å². The molecule has 0 amide bonds. The van der Waals surface area contributed by atoms with Crippen molar-refractivity contribution >= 4 is 18.4 Å². The number of ether oxygens (including phenoxy) is 1. The number of nitrogens with zero attached hydrogens (tertiary/aromatic N) is 1. The van der Waals surface area contributed by atoms with E-state index in [9.17, 15) is 4.79 Å². The molecule has 0 bridgehead atoms. The Morgan fingerprint density at radius 3 is 2.35 bits per heavy atom. The van der Waals surface area contributed by atoms with Gasteiger partial charge in [0.05, 0.1) is 11.5 Å². The predicted octanol–water partition coefficient (Wildman–Crippen LogP) is 2.02. The molecular formula is C12H24ClNO3. The van der Waals surface area contributed by atoms with Crippen molar-refractivity contribution in [2.45, 2.75) is 38.7 Å². The Morgan fingerprint density at radius 1 is 1.41 bits per heavy atom. The lowest BCUT2D eigenvalue weighted by Crippen LogP contribution is -2.39. The van der Waals surface area contributed by atoms with E-state index < -0.39 is 5.97 Å². The highest BCUT2D eigenvalue weighted by Crippen LogP contribution is 2.19. The van der Waals surface area contributed by atoms with E-state index in [1.165, 1.54) is 0 Å². The predicted molar refractivity (Wildman–Crippen MR) is 69.8 cm³/mol. The highest BCUT2D eigenvalue weighted by atomic mass is 35.5. The second kappa shape index (κ2) is 7.19. The second-order valence-corrected chi connectivity index (χ2v) is 5.17. The standard InChI is InChI=1S/C12H23NO3.ClH/c1-12(2,16-3)6-9-13-7-4-10(5-8-13)11(14)15;/h10H,4-9H2,1-3H3,(H,14,15);1H. The highest BCUT2D eigenvalue weighted by molar-refractivity contribution is 5.85. The van der Waals surface area contributed by atoms with Crippen molar-refractivity contribution in [2.75, 3.05) is 26.7 Å². The molecule has 0 aliphatic carbocycles. The van der Waals surface area contributed by atoms with E-state index >= 15 is 0 Å². The molecule has 1 saturated heterocycles. The van der Waals surface area contributed by atoms with E-state index in [1.807, 2.05) is 0 Å². The zero-order valence-electron chi connectivity index (χ0n) is 10.9. The van der Waals surface area contributed by atoms with Gasteiger partial charge in [-0.3, -0.25) is 4.79 Å². The normalized spacial score (nSPS) is 18.8. The Morgan fingerprint density at radius 2 is 1.94 bits per heavy atom. The first-order valence-corrected chi connectivity index (χ1v) is 5.95. The van der Waals surface area contributed by atoms with Gasteiger partial charge < -0.3 is 14.7 Å². The largest absolute Gasteiger partial charge is 0.481 e. The van der Waals surface area contributed by atoms with Crippen molar-refractivity contribution in [3.8, 4) is 0 Å². The summed E-state index contributed by atoms with van der Waals surface area (Å²) in [6.07, 6.45) is 2.55. The lowest BCUT2D eigenvalue weighted by molar-refractivity contribution is -0.143. The van der Waals surface area contributed by atoms with Gasteiger partial charge in [0.15, 0.2) is 0 Å². The number of hydrogen-bond donors (Lipinski definition) is 1. The molecule has 0 aromatic heterocycles. The van der Waals surface area contributed by atoms with Crippen molar-refractivity contribution in [1.29, 1.82) is 0 Å². The zero-order chi connectivity index (χ0) is 12.2. The molecule has 4 nitrogen and oxygen atoms in total.